The van der Waals surface area contributed by atoms with Crippen molar-refractivity contribution in [3.63, 3.8) is 0 Å². The Morgan fingerprint density at radius 2 is 2.06 bits per heavy atom. The summed E-state index contributed by atoms with van der Waals surface area (Å²) in [7, 11) is 0. The molecule has 1 saturated carbocycles. The number of rotatable bonds is 3. The van der Waals surface area contributed by atoms with E-state index in [1.165, 1.54) is 0 Å². The van der Waals surface area contributed by atoms with Gasteiger partial charge in [0.15, 0.2) is 0 Å². The quantitative estimate of drug-likeness (QED) is 0.799. The lowest BCUT2D eigenvalue weighted by Gasteiger charge is -2.11. The molecule has 0 saturated heterocycles. The first kappa shape index (κ1) is 10.7. The molecule has 16 heavy (non-hydrogen) atoms. The van der Waals surface area contributed by atoms with Gasteiger partial charge in [-0.1, -0.05) is 0 Å². The molecule has 1 aliphatic carbocycles. The molecule has 4 heteroatoms. The summed E-state index contributed by atoms with van der Waals surface area (Å²) >= 11 is 0. The van der Waals surface area contributed by atoms with Crippen molar-refractivity contribution in [3.05, 3.63) is 29.8 Å². The van der Waals surface area contributed by atoms with E-state index in [0.717, 1.165) is 12.8 Å². The number of hydrogen-bond acceptors (Lipinski definition) is 3. The Morgan fingerprint density at radius 3 is 2.50 bits per heavy atom. The molecule has 1 aliphatic rings. The zero-order valence-corrected chi connectivity index (χ0v) is 8.73. The number of carbonyl (C=O) groups is 1. The Morgan fingerprint density at radius 1 is 1.44 bits per heavy atom. The highest BCUT2D eigenvalue weighted by Gasteiger charge is 2.49. The lowest BCUT2D eigenvalue weighted by atomic mass is 10.1. The molecule has 1 amide bonds. The number of aliphatic hydroxyl groups is 1. The lowest BCUT2D eigenvalue weighted by Crippen LogP contribution is -2.27. The van der Waals surface area contributed by atoms with Crippen LogP contribution in [0.1, 0.15) is 18.4 Å². The molecular formula is C12H12N2O2. The minimum absolute atomic E-state index is 0.102. The number of nitrogens with one attached hydrogen (secondary N) is 1. The Bertz CT molecular complexity index is 441. The number of aliphatic hydroxyl groups excluding tert-OH is 1. The molecule has 0 atom stereocenters. The molecule has 2 N–H and O–H groups in total. The van der Waals surface area contributed by atoms with Gasteiger partial charge < -0.3 is 10.4 Å². The first-order valence-electron chi connectivity index (χ1n) is 5.13. The molecule has 4 nitrogen and oxygen atoms in total. The highest BCUT2D eigenvalue weighted by atomic mass is 16.3. The second-order valence-electron chi connectivity index (χ2n) is 4.08. The maximum absolute atomic E-state index is 11.7. The number of nitrogens with zero attached hydrogens (tertiary/aromatic N) is 1. The first-order chi connectivity index (χ1) is 7.70. The number of carbonyl (C=O) groups excluding carboxylic acids is 1. The van der Waals surface area contributed by atoms with Gasteiger partial charge in [-0.15, -0.1) is 0 Å². The summed E-state index contributed by atoms with van der Waals surface area (Å²) in [6.45, 7) is -0.102. The van der Waals surface area contributed by atoms with Crippen LogP contribution in [-0.4, -0.2) is 17.6 Å². The summed E-state index contributed by atoms with van der Waals surface area (Å²) in [4.78, 5) is 11.7. The van der Waals surface area contributed by atoms with Crippen molar-refractivity contribution in [3.8, 4) is 6.07 Å². The van der Waals surface area contributed by atoms with Gasteiger partial charge in [0.2, 0.25) is 5.91 Å². The van der Waals surface area contributed by atoms with Crippen LogP contribution in [-0.2, 0) is 4.79 Å². The van der Waals surface area contributed by atoms with Gasteiger partial charge in [-0.25, -0.2) is 0 Å². The average Bonchev–Trinajstić information content (AvgIpc) is 3.11. The van der Waals surface area contributed by atoms with E-state index in [1.54, 1.807) is 24.3 Å². The van der Waals surface area contributed by atoms with Gasteiger partial charge in [0.05, 0.1) is 23.7 Å². The largest absolute Gasteiger partial charge is 0.395 e. The summed E-state index contributed by atoms with van der Waals surface area (Å²) in [5.74, 6) is -0.139. The molecular weight excluding hydrogens is 204 g/mol. The van der Waals surface area contributed by atoms with Gasteiger partial charge in [-0.3, -0.25) is 4.79 Å². The van der Waals surface area contributed by atoms with Crippen LogP contribution in [0.25, 0.3) is 0 Å². The Kier molecular flexibility index (Phi) is 2.63. The smallest absolute Gasteiger partial charge is 0.232 e. The third-order valence-electron chi connectivity index (χ3n) is 2.91. The monoisotopic (exact) mass is 216 g/mol. The second kappa shape index (κ2) is 3.95. The van der Waals surface area contributed by atoms with Gasteiger partial charge >= 0.3 is 0 Å². The van der Waals surface area contributed by atoms with Crippen LogP contribution >= 0.6 is 0 Å². The number of anilines is 1. The fraction of sp³-hybridized carbons (Fsp3) is 0.333. The van der Waals surface area contributed by atoms with Crippen LogP contribution in [0.5, 0.6) is 0 Å². The van der Waals surface area contributed by atoms with E-state index in [-0.39, 0.29) is 12.5 Å². The van der Waals surface area contributed by atoms with Gasteiger partial charge in [0.25, 0.3) is 0 Å². The first-order valence-corrected chi connectivity index (χ1v) is 5.13. The predicted octanol–water partition coefficient (Wildman–Crippen LogP) is 1.27. The van der Waals surface area contributed by atoms with Gasteiger partial charge in [-0.2, -0.15) is 5.26 Å². The van der Waals surface area contributed by atoms with Crippen molar-refractivity contribution in [2.24, 2.45) is 5.41 Å². The van der Waals surface area contributed by atoms with Crippen molar-refractivity contribution in [2.45, 2.75) is 12.8 Å². The fourth-order valence-electron chi connectivity index (χ4n) is 1.50. The fourth-order valence-corrected chi connectivity index (χ4v) is 1.50. The number of amides is 1. The zero-order valence-electron chi connectivity index (χ0n) is 8.73. The maximum Gasteiger partial charge on any atom is 0.232 e. The van der Waals surface area contributed by atoms with E-state index < -0.39 is 5.41 Å². The lowest BCUT2D eigenvalue weighted by molar-refractivity contribution is -0.122. The van der Waals surface area contributed by atoms with Crippen molar-refractivity contribution in [1.82, 2.24) is 0 Å². The number of nitriles is 1. The molecule has 1 aromatic rings. The van der Waals surface area contributed by atoms with Crippen LogP contribution in [0.15, 0.2) is 24.3 Å². The van der Waals surface area contributed by atoms with Crippen molar-refractivity contribution < 1.29 is 9.90 Å². The van der Waals surface area contributed by atoms with E-state index >= 15 is 0 Å². The number of benzene rings is 1. The van der Waals surface area contributed by atoms with Crippen LogP contribution < -0.4 is 5.32 Å². The molecule has 0 radical (unpaired) electrons. The van der Waals surface area contributed by atoms with E-state index in [9.17, 15) is 4.79 Å². The molecule has 0 bridgehead atoms. The van der Waals surface area contributed by atoms with Crippen molar-refractivity contribution in [2.75, 3.05) is 11.9 Å². The Hall–Kier alpha value is -1.86. The maximum atomic E-state index is 11.7. The molecule has 82 valence electrons. The van der Waals surface area contributed by atoms with Gasteiger partial charge in [0, 0.05) is 5.69 Å². The normalized spacial score (nSPS) is 16.2. The van der Waals surface area contributed by atoms with Gasteiger partial charge in [-0.05, 0) is 37.1 Å². The van der Waals surface area contributed by atoms with E-state index in [2.05, 4.69) is 5.32 Å². The van der Waals surface area contributed by atoms with Crippen LogP contribution in [0.3, 0.4) is 0 Å². The summed E-state index contributed by atoms with van der Waals surface area (Å²) in [5.41, 5.74) is 0.651. The van der Waals surface area contributed by atoms with E-state index in [4.69, 9.17) is 10.4 Å². The Labute approximate surface area is 93.5 Å². The van der Waals surface area contributed by atoms with Crippen LogP contribution in [0, 0.1) is 16.7 Å². The van der Waals surface area contributed by atoms with Crippen molar-refractivity contribution >= 4 is 11.6 Å². The topological polar surface area (TPSA) is 73.1 Å². The molecule has 1 aromatic carbocycles. The highest BCUT2D eigenvalue weighted by Crippen LogP contribution is 2.45. The summed E-state index contributed by atoms with van der Waals surface area (Å²) < 4.78 is 0. The second-order valence-corrected chi connectivity index (χ2v) is 4.08. The zero-order chi connectivity index (χ0) is 11.6. The summed E-state index contributed by atoms with van der Waals surface area (Å²) in [5, 5.41) is 20.4. The third-order valence-corrected chi connectivity index (χ3v) is 2.91. The van der Waals surface area contributed by atoms with E-state index in [0.29, 0.717) is 11.3 Å². The predicted molar refractivity (Wildman–Crippen MR) is 58.5 cm³/mol. The van der Waals surface area contributed by atoms with Gasteiger partial charge in [0.1, 0.15) is 0 Å². The summed E-state index contributed by atoms with van der Waals surface area (Å²) in [6, 6.07) is 8.67. The molecule has 0 aromatic heterocycles. The molecule has 0 spiro atoms. The molecule has 0 heterocycles. The van der Waals surface area contributed by atoms with E-state index in [1.807, 2.05) is 6.07 Å². The SMILES string of the molecule is N#Cc1ccc(NC(=O)C2(CO)CC2)cc1. The molecule has 1 fully saturated rings. The number of hydrogen-bond donors (Lipinski definition) is 2. The minimum atomic E-state index is -0.562. The minimum Gasteiger partial charge on any atom is -0.395 e. The average molecular weight is 216 g/mol. The third kappa shape index (κ3) is 1.90. The standard InChI is InChI=1S/C12H12N2O2/c13-7-9-1-3-10(4-2-9)14-11(16)12(8-15)5-6-12/h1-4,15H,5-6,8H2,(H,14,16). The molecule has 0 unspecified atom stereocenters. The highest BCUT2D eigenvalue weighted by molar-refractivity contribution is 5.97. The van der Waals surface area contributed by atoms with Crippen LogP contribution in [0.2, 0.25) is 0 Å². The van der Waals surface area contributed by atoms with Crippen molar-refractivity contribution in [1.29, 1.82) is 5.26 Å². The Balaban J connectivity index is 2.04. The van der Waals surface area contributed by atoms with Crippen LogP contribution in [0.4, 0.5) is 5.69 Å². The summed E-state index contributed by atoms with van der Waals surface area (Å²) in [6.07, 6.45) is 1.48. The molecule has 2 rings (SSSR count). The molecule has 0 aliphatic heterocycles.